The minimum absolute atomic E-state index is 0.00404. The van der Waals surface area contributed by atoms with Crippen LogP contribution in [0, 0.1) is 0 Å². The van der Waals surface area contributed by atoms with Crippen LogP contribution in [0.25, 0.3) is 0 Å². The zero-order chi connectivity index (χ0) is 15.5. The molecule has 0 amide bonds. The standard InChI is InChI=1S/C17H25ClN2O2/c1-19-15(11-20-8-2-3-9-20)17(21)12-4-7-16(14(18)10-12)22-13-5-6-13/h4,7,10,13,15,17,19,21H,2-3,5-6,8-9,11H2,1H3/t15-,17-/m1/s1. The summed E-state index contributed by atoms with van der Waals surface area (Å²) in [4.78, 5) is 2.40. The van der Waals surface area contributed by atoms with Crippen LogP contribution in [-0.4, -0.2) is 48.8 Å². The lowest BCUT2D eigenvalue weighted by molar-refractivity contribution is 0.110. The molecule has 2 atom stereocenters. The molecular formula is C17H25ClN2O2. The number of hydrogen-bond donors (Lipinski definition) is 2. The van der Waals surface area contributed by atoms with Crippen LogP contribution in [0.3, 0.4) is 0 Å². The third kappa shape index (κ3) is 3.93. The van der Waals surface area contributed by atoms with E-state index in [1.54, 1.807) is 0 Å². The smallest absolute Gasteiger partial charge is 0.138 e. The second-order valence-corrected chi connectivity index (χ2v) is 6.76. The summed E-state index contributed by atoms with van der Waals surface area (Å²) >= 11 is 6.30. The molecule has 1 saturated heterocycles. The fourth-order valence-electron chi connectivity index (χ4n) is 2.99. The number of aliphatic hydroxyl groups is 1. The molecule has 1 aliphatic carbocycles. The Labute approximate surface area is 137 Å². The molecule has 1 aliphatic heterocycles. The number of ether oxygens (including phenoxy) is 1. The molecule has 1 heterocycles. The maximum Gasteiger partial charge on any atom is 0.138 e. The summed E-state index contributed by atoms with van der Waals surface area (Å²) in [6, 6.07) is 5.63. The maximum atomic E-state index is 10.7. The number of rotatable bonds is 7. The van der Waals surface area contributed by atoms with Gasteiger partial charge in [0.1, 0.15) is 5.75 Å². The van der Waals surface area contributed by atoms with Crippen LogP contribution in [-0.2, 0) is 0 Å². The number of nitrogens with zero attached hydrogens (tertiary/aromatic N) is 1. The number of hydrogen-bond acceptors (Lipinski definition) is 4. The summed E-state index contributed by atoms with van der Waals surface area (Å²) in [5.41, 5.74) is 0.840. The van der Waals surface area contributed by atoms with Crippen molar-refractivity contribution >= 4 is 11.6 Å². The van der Waals surface area contributed by atoms with Crippen LogP contribution in [0.4, 0.5) is 0 Å². The van der Waals surface area contributed by atoms with Crippen molar-refractivity contribution in [3.63, 3.8) is 0 Å². The fraction of sp³-hybridized carbons (Fsp3) is 0.647. The monoisotopic (exact) mass is 324 g/mol. The highest BCUT2D eigenvalue weighted by molar-refractivity contribution is 6.32. The summed E-state index contributed by atoms with van der Waals surface area (Å²) in [5, 5.41) is 14.5. The van der Waals surface area contributed by atoms with Gasteiger partial charge in [0.15, 0.2) is 0 Å². The Balaban J connectivity index is 1.66. The quantitative estimate of drug-likeness (QED) is 0.809. The van der Waals surface area contributed by atoms with Crippen LogP contribution in [0.1, 0.15) is 37.4 Å². The Kier molecular flexibility index (Phi) is 5.24. The van der Waals surface area contributed by atoms with Crippen molar-refractivity contribution in [2.75, 3.05) is 26.7 Å². The number of likely N-dealkylation sites (N-methyl/N-ethyl adjacent to an activating group) is 1. The molecule has 122 valence electrons. The number of aliphatic hydroxyl groups excluding tert-OH is 1. The Morgan fingerprint density at radius 1 is 1.36 bits per heavy atom. The third-order valence-corrected chi connectivity index (χ3v) is 4.82. The summed E-state index contributed by atoms with van der Waals surface area (Å²) in [7, 11) is 1.90. The van der Waals surface area contributed by atoms with Crippen molar-refractivity contribution < 1.29 is 9.84 Å². The first kappa shape index (κ1) is 16.1. The second-order valence-electron chi connectivity index (χ2n) is 6.35. The topological polar surface area (TPSA) is 44.7 Å². The zero-order valence-electron chi connectivity index (χ0n) is 13.1. The number of nitrogens with one attached hydrogen (secondary N) is 1. The molecule has 5 heteroatoms. The molecule has 0 unspecified atom stereocenters. The van der Waals surface area contributed by atoms with Crippen LogP contribution in [0.5, 0.6) is 5.75 Å². The van der Waals surface area contributed by atoms with E-state index in [4.69, 9.17) is 16.3 Å². The number of benzene rings is 1. The van der Waals surface area contributed by atoms with Crippen molar-refractivity contribution in [2.24, 2.45) is 0 Å². The van der Waals surface area contributed by atoms with Gasteiger partial charge in [0.05, 0.1) is 17.2 Å². The van der Waals surface area contributed by atoms with E-state index in [9.17, 15) is 5.11 Å². The lowest BCUT2D eigenvalue weighted by atomic mass is 10.0. The SMILES string of the molecule is CN[C@H](CN1CCCC1)[C@H](O)c1ccc(OC2CC2)c(Cl)c1. The highest BCUT2D eigenvalue weighted by Gasteiger charge is 2.26. The van der Waals surface area contributed by atoms with Gasteiger partial charge in [0.25, 0.3) is 0 Å². The van der Waals surface area contributed by atoms with E-state index in [0.717, 1.165) is 43.8 Å². The molecule has 1 aromatic carbocycles. The van der Waals surface area contributed by atoms with Gasteiger partial charge in [0, 0.05) is 12.6 Å². The molecule has 2 aliphatic rings. The molecule has 0 radical (unpaired) electrons. The van der Waals surface area contributed by atoms with E-state index in [1.807, 2.05) is 25.2 Å². The van der Waals surface area contributed by atoms with Crippen LogP contribution < -0.4 is 10.1 Å². The van der Waals surface area contributed by atoms with Gasteiger partial charge in [-0.25, -0.2) is 0 Å². The van der Waals surface area contributed by atoms with Gasteiger partial charge in [0.2, 0.25) is 0 Å². The van der Waals surface area contributed by atoms with E-state index in [-0.39, 0.29) is 6.04 Å². The number of halogens is 1. The highest BCUT2D eigenvalue weighted by atomic mass is 35.5. The summed E-state index contributed by atoms with van der Waals surface area (Å²) < 4.78 is 5.75. The van der Waals surface area contributed by atoms with Gasteiger partial charge >= 0.3 is 0 Å². The average Bonchev–Trinajstić information content (AvgIpc) is 3.19. The minimum Gasteiger partial charge on any atom is -0.489 e. The van der Waals surface area contributed by atoms with E-state index < -0.39 is 6.10 Å². The molecule has 3 rings (SSSR count). The fourth-order valence-corrected chi connectivity index (χ4v) is 3.22. The first-order valence-electron chi connectivity index (χ1n) is 8.21. The third-order valence-electron chi connectivity index (χ3n) is 4.52. The number of likely N-dealkylation sites (tertiary alicyclic amines) is 1. The predicted octanol–water partition coefficient (Wildman–Crippen LogP) is 2.60. The highest BCUT2D eigenvalue weighted by Crippen LogP contribution is 2.34. The van der Waals surface area contributed by atoms with Crippen molar-refractivity contribution in [3.8, 4) is 5.75 Å². The lowest BCUT2D eigenvalue weighted by Gasteiger charge is -2.27. The van der Waals surface area contributed by atoms with Gasteiger partial charge in [-0.1, -0.05) is 17.7 Å². The van der Waals surface area contributed by atoms with Gasteiger partial charge in [-0.3, -0.25) is 0 Å². The summed E-state index contributed by atoms with van der Waals surface area (Å²) in [5.74, 6) is 0.723. The molecule has 0 bridgehead atoms. The van der Waals surface area contributed by atoms with Gasteiger partial charge in [-0.15, -0.1) is 0 Å². The van der Waals surface area contributed by atoms with E-state index in [1.165, 1.54) is 12.8 Å². The molecule has 1 saturated carbocycles. The molecule has 2 fully saturated rings. The van der Waals surface area contributed by atoms with Crippen LogP contribution in [0.15, 0.2) is 18.2 Å². The largest absolute Gasteiger partial charge is 0.489 e. The first-order chi connectivity index (χ1) is 10.7. The average molecular weight is 325 g/mol. The van der Waals surface area contributed by atoms with E-state index >= 15 is 0 Å². The Hall–Kier alpha value is -0.810. The first-order valence-corrected chi connectivity index (χ1v) is 8.59. The van der Waals surface area contributed by atoms with Crippen molar-refractivity contribution in [1.29, 1.82) is 0 Å². The maximum absolute atomic E-state index is 10.7. The van der Waals surface area contributed by atoms with E-state index in [2.05, 4.69) is 10.2 Å². The molecule has 1 aromatic rings. The summed E-state index contributed by atoms with van der Waals surface area (Å²) in [6.07, 6.45) is 4.49. The van der Waals surface area contributed by atoms with Crippen molar-refractivity contribution in [1.82, 2.24) is 10.2 Å². The predicted molar refractivity (Wildman–Crippen MR) is 88.6 cm³/mol. The molecule has 4 nitrogen and oxygen atoms in total. The Morgan fingerprint density at radius 2 is 2.09 bits per heavy atom. The van der Waals surface area contributed by atoms with Crippen LogP contribution in [0.2, 0.25) is 5.02 Å². The molecule has 0 aromatic heterocycles. The normalized spacial score (nSPS) is 21.8. The molecule has 0 spiro atoms. The van der Waals surface area contributed by atoms with Gasteiger partial charge < -0.3 is 20.1 Å². The Morgan fingerprint density at radius 3 is 2.68 bits per heavy atom. The summed E-state index contributed by atoms with van der Waals surface area (Å²) in [6.45, 7) is 3.11. The molecular weight excluding hydrogens is 300 g/mol. The van der Waals surface area contributed by atoms with Crippen molar-refractivity contribution in [2.45, 2.75) is 43.9 Å². The molecule has 2 N–H and O–H groups in total. The minimum atomic E-state index is -0.571. The van der Waals surface area contributed by atoms with Gasteiger partial charge in [-0.2, -0.15) is 0 Å². The second kappa shape index (κ2) is 7.18. The zero-order valence-corrected chi connectivity index (χ0v) is 13.9. The lowest BCUT2D eigenvalue weighted by Crippen LogP contribution is -2.42. The molecule has 22 heavy (non-hydrogen) atoms. The van der Waals surface area contributed by atoms with Gasteiger partial charge in [-0.05, 0) is 63.5 Å². The van der Waals surface area contributed by atoms with Crippen molar-refractivity contribution in [3.05, 3.63) is 28.8 Å². The van der Waals surface area contributed by atoms with Crippen LogP contribution >= 0.6 is 11.6 Å². The Bertz CT molecular complexity index is 501. The van der Waals surface area contributed by atoms with E-state index in [0.29, 0.717) is 11.1 Å².